The van der Waals surface area contributed by atoms with Gasteiger partial charge in [0, 0.05) is 146 Å². The Morgan fingerprint density at radius 1 is 0.358 bits per heavy atom. The molecule has 12 aromatic rings. The number of nitrogens with one attached hydrogen (secondary N) is 4. The lowest BCUT2D eigenvalue weighted by atomic mass is 9.99. The first-order valence-electron chi connectivity index (χ1n) is 40.9. The lowest BCUT2D eigenvalue weighted by Gasteiger charge is -2.45. The molecule has 0 radical (unpaired) electrons. The predicted molar refractivity (Wildman–Crippen MR) is 466 cm³/mol. The minimum absolute atomic E-state index is 0.0786. The topological polar surface area (TPSA) is 323 Å². The van der Waals surface area contributed by atoms with E-state index < -0.39 is 0 Å². The highest BCUT2D eigenvalue weighted by Gasteiger charge is 2.43. The Morgan fingerprint density at radius 2 is 0.742 bits per heavy atom. The number of rotatable bonds is 8. The number of hydrogen-bond donors (Lipinski definition) is 4. The first-order chi connectivity index (χ1) is 58.6. The van der Waals surface area contributed by atoms with Crippen LogP contribution < -0.4 is 70.9 Å². The van der Waals surface area contributed by atoms with Gasteiger partial charge in [0.2, 0.25) is 0 Å². The number of anilines is 12. The maximum atomic E-state index is 13.6. The zero-order valence-electron chi connectivity index (χ0n) is 67.3. The summed E-state index contributed by atoms with van der Waals surface area (Å²) in [5, 5.41) is 22.0. The molecule has 604 valence electrons. The Bertz CT molecular complexity index is 5590. The molecular formula is C90H90N26O4. The van der Waals surface area contributed by atoms with Gasteiger partial charge in [0.15, 0.2) is 34.9 Å². The highest BCUT2D eigenvalue weighted by molar-refractivity contribution is 6.07. The molecule has 9 aliphatic rings. The molecule has 8 aliphatic heterocycles. The van der Waals surface area contributed by atoms with E-state index in [0.717, 1.165) is 206 Å². The number of aromatic nitrogens is 14. The van der Waals surface area contributed by atoms with Crippen molar-refractivity contribution in [3.05, 3.63) is 229 Å². The molecule has 21 rings (SSSR count). The van der Waals surface area contributed by atoms with Crippen LogP contribution in [0.5, 0.6) is 0 Å². The van der Waals surface area contributed by atoms with Gasteiger partial charge in [-0.3, -0.25) is 55.2 Å². The molecule has 30 heteroatoms. The molecule has 4 saturated heterocycles. The molecule has 5 atom stereocenters. The molecule has 0 spiro atoms. The largest absolute Gasteiger partial charge is 0.366 e. The SMILES string of the molecule is Cc1cc(-c2ccc3c(n2)N(C(=O)Nc2ccc4c(c2)=CC(C)C=4)[C@H]2CCCN3C2)ccn1.Cc1cc(-c2ccc3c(n2)N(C(=O)Nc2cccnn2)[C@H]2CCCN3C2)ccn1.Cc1cc(-c2ccc3c(n2)N(C(=O)Nc2cnccn2)[C@H]2CCCN3C2)ccn1.Cc1cc(-c2ccc3c(n2)N(C(=O)Nc2cncnc2)[C@H]2CCCN3C2)ccn1. The van der Waals surface area contributed by atoms with Crippen molar-refractivity contribution in [1.29, 1.82) is 0 Å². The summed E-state index contributed by atoms with van der Waals surface area (Å²) < 4.78 is 0. The molecule has 0 saturated carbocycles. The third-order valence-corrected chi connectivity index (χ3v) is 23.0. The summed E-state index contributed by atoms with van der Waals surface area (Å²) in [5.74, 6) is 4.10. The van der Waals surface area contributed by atoms with Crippen LogP contribution in [0.25, 0.3) is 57.2 Å². The molecule has 1 unspecified atom stereocenters. The van der Waals surface area contributed by atoms with E-state index in [-0.39, 0.29) is 48.3 Å². The van der Waals surface area contributed by atoms with Gasteiger partial charge in [-0.25, -0.2) is 54.1 Å². The van der Waals surface area contributed by atoms with Gasteiger partial charge in [0.05, 0.1) is 94.0 Å². The monoisotopic (exact) mass is 1600 g/mol. The summed E-state index contributed by atoms with van der Waals surface area (Å²) in [6, 6.07) is 41.4. The van der Waals surface area contributed by atoms with Crippen molar-refractivity contribution in [2.75, 3.05) is 113 Å². The van der Waals surface area contributed by atoms with E-state index in [1.165, 1.54) is 16.8 Å². The summed E-state index contributed by atoms with van der Waals surface area (Å²) in [7, 11) is 0. The molecule has 4 fully saturated rings. The second-order valence-electron chi connectivity index (χ2n) is 31.4. The van der Waals surface area contributed by atoms with Gasteiger partial charge in [-0.15, -0.1) is 5.10 Å². The summed E-state index contributed by atoms with van der Waals surface area (Å²) in [4.78, 5) is 123. The van der Waals surface area contributed by atoms with Crippen molar-refractivity contribution in [2.24, 2.45) is 5.92 Å². The standard InChI is InChI=1S/C27H27N5O.3C21H21N7O/c1-17-12-19-5-6-22(15-21(19)13-17)29-27(33)32-23-4-3-11-31(16-23)25-8-7-24(30-26(25)32)20-9-10-28-18(2)14-20;1-14-12-15(8-10-22-14)17-6-7-18-20(24-17)28(16-4-3-11-27(18)13-16)21(29)25-19-5-2-9-23-26-19;1-14-11-15(6-7-23-14)17-4-5-18-20(25-17)28(16-3-2-10-27(18)13-16)21(29)26-19-12-22-8-9-24-19;1-14-9-15(6-7-24-14)18-4-5-19-20(26-18)28(17-3-2-8-27(19)12-17)21(29)25-16-10-22-13-23-11-16/h5-10,12-15,17,23H,3-4,11,16H2,1-2H3,(H,29,33);2,5-10,12,16H,3-4,11,13H2,1H3,(H,25,26,29);4-9,11-12,16H,2-3,10,13H2,1H3,(H,24,26,29);4-7,9-11,13,17H,2-3,8,12H2,1H3,(H,25,29)/t17?,23-;2*16-;17-/m0000/s1. The van der Waals surface area contributed by atoms with Gasteiger partial charge in [-0.1, -0.05) is 25.1 Å². The minimum Gasteiger partial charge on any atom is -0.366 e. The number of aryl methyl sites for hydroxylation is 4. The van der Waals surface area contributed by atoms with Crippen LogP contribution in [0.3, 0.4) is 0 Å². The predicted octanol–water partition coefficient (Wildman–Crippen LogP) is 13.5. The molecule has 4 N–H and O–H groups in total. The van der Waals surface area contributed by atoms with E-state index in [2.05, 4.69) is 146 Å². The number of carbonyl (C=O) groups is 4. The molecule has 30 nitrogen and oxygen atoms in total. The zero-order chi connectivity index (χ0) is 81.9. The summed E-state index contributed by atoms with van der Waals surface area (Å²) >= 11 is 0. The molecule has 8 bridgehead atoms. The number of nitrogens with zero attached hydrogens (tertiary/aromatic N) is 22. The first kappa shape index (κ1) is 76.9. The summed E-state index contributed by atoms with van der Waals surface area (Å²) in [6.07, 6.45) is 30.5. The second kappa shape index (κ2) is 33.7. The van der Waals surface area contributed by atoms with Crippen LogP contribution in [0.15, 0.2) is 196 Å². The zero-order valence-corrected chi connectivity index (χ0v) is 67.3. The number of hydrogen-bond acceptors (Lipinski definition) is 22. The van der Waals surface area contributed by atoms with Crippen molar-refractivity contribution < 1.29 is 19.2 Å². The fraction of sp³-hybridized carbons (Fsp3) is 0.289. The van der Waals surface area contributed by atoms with E-state index in [1.807, 2.05) is 111 Å². The Labute approximate surface area is 693 Å². The first-order valence-corrected chi connectivity index (χ1v) is 40.9. The average Bonchev–Trinajstić information content (AvgIpc) is 0.878. The van der Waals surface area contributed by atoms with E-state index in [1.54, 1.807) is 88.8 Å². The number of carbonyl (C=O) groups excluding carboxylic acids is 4. The number of amides is 8. The lowest BCUT2D eigenvalue weighted by Crippen LogP contribution is -2.56. The van der Waals surface area contributed by atoms with Gasteiger partial charge in [-0.05, 0) is 217 Å². The molecule has 11 aromatic heterocycles. The van der Waals surface area contributed by atoms with Gasteiger partial charge in [-0.2, -0.15) is 5.10 Å². The average molecular weight is 1600 g/mol. The van der Waals surface area contributed by atoms with Gasteiger partial charge >= 0.3 is 24.1 Å². The van der Waals surface area contributed by atoms with Crippen LogP contribution in [0.1, 0.15) is 81.1 Å². The third-order valence-electron chi connectivity index (χ3n) is 23.0. The lowest BCUT2D eigenvalue weighted by molar-refractivity contribution is 0.251. The van der Waals surface area contributed by atoms with Crippen molar-refractivity contribution in [3.63, 3.8) is 0 Å². The summed E-state index contributed by atoms with van der Waals surface area (Å²) in [5.41, 5.74) is 16.4. The highest BCUT2D eigenvalue weighted by atomic mass is 16.2. The Kier molecular flexibility index (Phi) is 21.6. The summed E-state index contributed by atoms with van der Waals surface area (Å²) in [6.45, 7) is 17.3. The van der Waals surface area contributed by atoms with Crippen LogP contribution in [0.4, 0.5) is 88.2 Å². The molecule has 8 amide bonds. The molecule has 1 aromatic carbocycles. The Hall–Kier alpha value is -14.3. The van der Waals surface area contributed by atoms with Crippen molar-refractivity contribution in [1.82, 2.24) is 70.0 Å². The van der Waals surface area contributed by atoms with E-state index in [9.17, 15) is 19.2 Å². The number of benzene rings is 1. The number of pyridine rings is 8. The van der Waals surface area contributed by atoms with Gasteiger partial charge in [0.25, 0.3) is 0 Å². The van der Waals surface area contributed by atoms with Crippen LogP contribution in [0, 0.1) is 33.6 Å². The maximum absolute atomic E-state index is 13.6. The number of urea groups is 4. The number of fused-ring (bicyclic) bond motifs is 17. The van der Waals surface area contributed by atoms with Crippen molar-refractivity contribution in [3.8, 4) is 45.0 Å². The Morgan fingerprint density at radius 3 is 1.12 bits per heavy atom. The third kappa shape index (κ3) is 16.3. The van der Waals surface area contributed by atoms with Gasteiger partial charge < -0.3 is 30.2 Å². The molecule has 120 heavy (non-hydrogen) atoms. The van der Waals surface area contributed by atoms with Crippen LogP contribution in [-0.2, 0) is 0 Å². The van der Waals surface area contributed by atoms with E-state index in [4.69, 9.17) is 19.9 Å². The Balaban J connectivity index is 0.000000110. The smallest absolute Gasteiger partial charge is 0.329 e. The highest BCUT2D eigenvalue weighted by Crippen LogP contribution is 2.45. The second-order valence-corrected chi connectivity index (χ2v) is 31.4. The van der Waals surface area contributed by atoms with E-state index >= 15 is 0 Å². The van der Waals surface area contributed by atoms with Crippen molar-refractivity contribution >= 4 is 105 Å². The van der Waals surface area contributed by atoms with Crippen LogP contribution in [-0.4, -0.2) is 171 Å². The van der Waals surface area contributed by atoms with Crippen LogP contribution >= 0.6 is 0 Å². The fourth-order valence-electron chi connectivity index (χ4n) is 17.6. The number of piperidine rings is 4. The van der Waals surface area contributed by atoms with Gasteiger partial charge in [0.1, 0.15) is 6.33 Å². The molecule has 1 aliphatic carbocycles. The fourth-order valence-corrected chi connectivity index (χ4v) is 17.6. The molecule has 19 heterocycles. The van der Waals surface area contributed by atoms with Crippen LogP contribution in [0.2, 0.25) is 0 Å². The minimum atomic E-state index is -0.228. The maximum Gasteiger partial charge on any atom is 0.329 e. The molecular weight excluding hydrogens is 1510 g/mol. The quantitative estimate of drug-likeness (QED) is 0.110. The van der Waals surface area contributed by atoms with E-state index in [0.29, 0.717) is 40.7 Å². The normalized spacial score (nSPS) is 18.4. The van der Waals surface area contributed by atoms with Crippen molar-refractivity contribution in [2.45, 2.75) is 110 Å².